The van der Waals surface area contributed by atoms with Crippen molar-refractivity contribution in [2.75, 3.05) is 6.54 Å². The van der Waals surface area contributed by atoms with E-state index in [-0.39, 0.29) is 17.7 Å². The molecule has 2 aromatic carbocycles. The third-order valence-electron chi connectivity index (χ3n) is 5.27. The molecule has 0 unspecified atom stereocenters. The second-order valence-corrected chi connectivity index (χ2v) is 7.60. The molecule has 6 nitrogen and oxygen atoms in total. The Morgan fingerprint density at radius 2 is 1.65 bits per heavy atom. The maximum atomic E-state index is 13.1. The van der Waals surface area contributed by atoms with Crippen LogP contribution >= 0.6 is 0 Å². The summed E-state index contributed by atoms with van der Waals surface area (Å²) >= 11 is 0. The van der Waals surface area contributed by atoms with E-state index in [1.54, 1.807) is 24.3 Å². The molecule has 1 aromatic heterocycles. The molecule has 0 aliphatic heterocycles. The smallest absolute Gasteiger partial charge is 0.416 e. The van der Waals surface area contributed by atoms with Gasteiger partial charge in [0.1, 0.15) is 18.2 Å². The van der Waals surface area contributed by atoms with Crippen LogP contribution in [0.15, 0.2) is 47.3 Å². The van der Waals surface area contributed by atoms with Gasteiger partial charge in [0.25, 0.3) is 0 Å². The molecule has 0 amide bonds. The number of rotatable bonds is 8. The lowest BCUT2D eigenvalue weighted by Crippen LogP contribution is -2.27. The summed E-state index contributed by atoms with van der Waals surface area (Å²) in [5.41, 5.74) is -2.82. The van der Waals surface area contributed by atoms with Crippen molar-refractivity contribution in [2.45, 2.75) is 45.4 Å². The minimum Gasteiger partial charge on any atom is -0.489 e. The van der Waals surface area contributed by atoms with Crippen LogP contribution in [0.25, 0.3) is 0 Å². The number of benzene rings is 2. The molecule has 0 bridgehead atoms. The highest BCUT2D eigenvalue weighted by atomic mass is 19.4. The molecule has 1 heterocycles. The van der Waals surface area contributed by atoms with Gasteiger partial charge in [0.2, 0.25) is 0 Å². The molecule has 0 spiro atoms. The zero-order valence-corrected chi connectivity index (χ0v) is 18.2. The van der Waals surface area contributed by atoms with Gasteiger partial charge in [-0.25, -0.2) is 9.89 Å². The molecule has 184 valence electrons. The molecule has 12 heteroatoms. The normalized spacial score (nSPS) is 13.3. The summed E-state index contributed by atoms with van der Waals surface area (Å²) in [6, 6.07) is 7.85. The molecule has 3 aromatic rings. The van der Waals surface area contributed by atoms with E-state index in [0.717, 1.165) is 0 Å². The number of hydrogen-bond acceptors (Lipinski definition) is 4. The van der Waals surface area contributed by atoms with Gasteiger partial charge in [-0.2, -0.15) is 31.4 Å². The van der Waals surface area contributed by atoms with Gasteiger partial charge < -0.3 is 4.74 Å². The second-order valence-electron chi connectivity index (χ2n) is 7.60. The van der Waals surface area contributed by atoms with Gasteiger partial charge in [0.05, 0.1) is 17.7 Å². The number of ether oxygens (including phenoxy) is 1. The quantitative estimate of drug-likeness (QED) is 0.422. The van der Waals surface area contributed by atoms with E-state index in [0.29, 0.717) is 42.4 Å². The number of hydrogen-bond donors (Lipinski definition) is 2. The molecular formula is C22H22F6N4O2. The number of nitrogens with one attached hydrogen (secondary N) is 2. The molecule has 0 saturated carbocycles. The fraction of sp³-hybridized carbons (Fsp3) is 0.364. The molecule has 0 aliphatic rings. The Bertz CT molecular complexity index is 1140. The van der Waals surface area contributed by atoms with Gasteiger partial charge in [0, 0.05) is 11.6 Å². The van der Waals surface area contributed by atoms with E-state index < -0.39 is 35.8 Å². The summed E-state index contributed by atoms with van der Waals surface area (Å²) in [4.78, 5) is 15.8. The first-order chi connectivity index (χ1) is 15.9. The highest BCUT2D eigenvalue weighted by Gasteiger charge is 2.37. The van der Waals surface area contributed by atoms with Crippen molar-refractivity contribution in [2.24, 2.45) is 0 Å². The number of aromatic amines is 2. The molecule has 2 N–H and O–H groups in total. The van der Waals surface area contributed by atoms with E-state index in [2.05, 4.69) is 15.2 Å². The molecule has 0 saturated heterocycles. The van der Waals surface area contributed by atoms with Crippen LogP contribution in [-0.4, -0.2) is 26.6 Å². The van der Waals surface area contributed by atoms with Crippen LogP contribution in [0.5, 0.6) is 5.75 Å². The maximum Gasteiger partial charge on any atom is 0.416 e. The third kappa shape index (κ3) is 6.19. The Balaban J connectivity index is 1.84. The largest absolute Gasteiger partial charge is 0.489 e. The Hall–Kier alpha value is -3.28. The first-order valence-electron chi connectivity index (χ1n) is 10.3. The number of alkyl halides is 6. The zero-order valence-electron chi connectivity index (χ0n) is 18.2. The molecule has 1 atom stereocenters. The van der Waals surface area contributed by atoms with E-state index >= 15 is 0 Å². The van der Waals surface area contributed by atoms with Crippen molar-refractivity contribution in [3.8, 4) is 5.75 Å². The van der Waals surface area contributed by atoms with Crippen LogP contribution in [0.4, 0.5) is 26.3 Å². The minimum atomic E-state index is -4.93. The Morgan fingerprint density at radius 3 is 2.18 bits per heavy atom. The zero-order chi connectivity index (χ0) is 25.1. The molecule has 34 heavy (non-hydrogen) atoms. The second kappa shape index (κ2) is 9.92. The highest BCUT2D eigenvalue weighted by Crippen LogP contribution is 2.37. The van der Waals surface area contributed by atoms with Crippen LogP contribution in [0.1, 0.15) is 48.0 Å². The fourth-order valence-electron chi connectivity index (χ4n) is 3.51. The van der Waals surface area contributed by atoms with Gasteiger partial charge in [0.15, 0.2) is 0 Å². The third-order valence-corrected chi connectivity index (χ3v) is 5.27. The van der Waals surface area contributed by atoms with E-state index in [1.165, 1.54) is 0 Å². The standard InChI is InChI=1S/C22H22F6N4O2/c1-3-32(11-19-29-20(33)31-30-19)13(2)17-6-4-5-7-18(17)34-12-14-8-15(21(23,24)25)10-16(9-14)22(26,27)28/h4-10,13H,3,11-12H2,1-2H3,(H2,29,30,31,33)/t13-/m1/s1. The van der Waals surface area contributed by atoms with Gasteiger partial charge in [-0.3, -0.25) is 9.88 Å². The van der Waals surface area contributed by atoms with Crippen molar-refractivity contribution in [1.29, 1.82) is 0 Å². The molecule has 0 fully saturated rings. The van der Waals surface area contributed by atoms with Gasteiger partial charge in [-0.1, -0.05) is 25.1 Å². The number of H-pyrrole nitrogens is 2. The average molecular weight is 488 g/mol. The van der Waals surface area contributed by atoms with Crippen molar-refractivity contribution in [3.05, 3.63) is 81.0 Å². The van der Waals surface area contributed by atoms with Crippen molar-refractivity contribution < 1.29 is 31.1 Å². The summed E-state index contributed by atoms with van der Waals surface area (Å²) in [5.74, 6) is 0.732. The van der Waals surface area contributed by atoms with Crippen LogP contribution in [0, 0.1) is 0 Å². The highest BCUT2D eigenvalue weighted by molar-refractivity contribution is 5.37. The summed E-state index contributed by atoms with van der Waals surface area (Å²) in [6.07, 6.45) is -9.87. The van der Waals surface area contributed by atoms with Crippen LogP contribution in [-0.2, 0) is 25.5 Å². The van der Waals surface area contributed by atoms with E-state index in [4.69, 9.17) is 4.74 Å². The lowest BCUT2D eigenvalue weighted by molar-refractivity contribution is -0.143. The van der Waals surface area contributed by atoms with E-state index in [9.17, 15) is 31.1 Å². The summed E-state index contributed by atoms with van der Waals surface area (Å²) in [5, 5.41) is 6.17. The predicted octanol–water partition coefficient (Wildman–Crippen LogP) is 5.30. The molecule has 3 rings (SSSR count). The Kier molecular flexibility index (Phi) is 7.39. The summed E-state index contributed by atoms with van der Waals surface area (Å²) < 4.78 is 84.5. The minimum absolute atomic E-state index is 0.0814. The van der Waals surface area contributed by atoms with Crippen molar-refractivity contribution in [3.63, 3.8) is 0 Å². The Morgan fingerprint density at radius 1 is 1.03 bits per heavy atom. The van der Waals surface area contributed by atoms with Crippen molar-refractivity contribution >= 4 is 0 Å². The molecule has 0 aliphatic carbocycles. The van der Waals surface area contributed by atoms with Gasteiger partial charge >= 0.3 is 18.0 Å². The van der Waals surface area contributed by atoms with E-state index in [1.807, 2.05) is 18.7 Å². The maximum absolute atomic E-state index is 13.1. The SMILES string of the molecule is CCN(Cc1n[nH]c(=O)[nH]1)[C@H](C)c1ccccc1OCc1cc(C(F)(F)F)cc(C(F)(F)F)c1. The number of aromatic nitrogens is 3. The number of para-hydroxylation sites is 1. The summed E-state index contributed by atoms with van der Waals surface area (Å²) in [6.45, 7) is 4.13. The fourth-order valence-corrected chi connectivity index (χ4v) is 3.51. The van der Waals surface area contributed by atoms with Crippen molar-refractivity contribution in [1.82, 2.24) is 20.1 Å². The lowest BCUT2D eigenvalue weighted by Gasteiger charge is -2.28. The molecule has 0 radical (unpaired) electrons. The van der Waals surface area contributed by atoms with Gasteiger partial charge in [-0.15, -0.1) is 0 Å². The lowest BCUT2D eigenvalue weighted by atomic mass is 10.0. The topological polar surface area (TPSA) is 74.0 Å². The monoisotopic (exact) mass is 488 g/mol. The first kappa shape index (κ1) is 25.3. The van der Waals surface area contributed by atoms with Gasteiger partial charge in [-0.05, 0) is 43.3 Å². The van der Waals surface area contributed by atoms with Crippen LogP contribution in [0.3, 0.4) is 0 Å². The predicted molar refractivity (Wildman–Crippen MR) is 111 cm³/mol. The first-order valence-corrected chi connectivity index (χ1v) is 10.3. The molecular weight excluding hydrogens is 466 g/mol. The van der Waals surface area contributed by atoms with Crippen LogP contribution in [0.2, 0.25) is 0 Å². The summed E-state index contributed by atoms with van der Waals surface area (Å²) in [7, 11) is 0. The number of halogens is 6. The average Bonchev–Trinajstić information content (AvgIpc) is 3.19. The Labute approximate surface area is 190 Å². The number of nitrogens with zero attached hydrogens (tertiary/aromatic N) is 2. The van der Waals surface area contributed by atoms with Crippen LogP contribution < -0.4 is 10.4 Å².